The van der Waals surface area contributed by atoms with Crippen molar-refractivity contribution in [3.63, 3.8) is 0 Å². The van der Waals surface area contributed by atoms with E-state index in [1.54, 1.807) is 12.1 Å². The van der Waals surface area contributed by atoms with Gasteiger partial charge >= 0.3 is 5.97 Å². The number of nitrogens with one attached hydrogen (secondary N) is 1. The van der Waals surface area contributed by atoms with Crippen molar-refractivity contribution < 1.29 is 9.90 Å². The van der Waals surface area contributed by atoms with E-state index in [-0.39, 0.29) is 11.1 Å². The van der Waals surface area contributed by atoms with Crippen molar-refractivity contribution in [1.29, 1.82) is 0 Å². The van der Waals surface area contributed by atoms with Crippen molar-refractivity contribution in [2.75, 3.05) is 0 Å². The van der Waals surface area contributed by atoms with Crippen molar-refractivity contribution in [2.45, 2.75) is 20.4 Å². The molecule has 2 N–H and O–H groups in total. The van der Waals surface area contributed by atoms with Crippen LogP contribution in [0.2, 0.25) is 0 Å². The second-order valence-electron chi connectivity index (χ2n) is 4.45. The number of aromatic nitrogens is 2. The lowest BCUT2D eigenvalue weighted by atomic mass is 10.1. The minimum absolute atomic E-state index is 0.127. The smallest absolute Gasteiger partial charge is 0.337 e. The van der Waals surface area contributed by atoms with Gasteiger partial charge in [0.15, 0.2) is 0 Å². The Bertz CT molecular complexity index is 622. The number of benzene rings is 1. The van der Waals surface area contributed by atoms with Crippen LogP contribution < -0.4 is 5.56 Å². The van der Waals surface area contributed by atoms with Crippen molar-refractivity contribution in [3.05, 3.63) is 34.1 Å². The summed E-state index contributed by atoms with van der Waals surface area (Å²) in [6.45, 7) is 4.54. The average Bonchev–Trinajstić information content (AvgIpc) is 2.55. The van der Waals surface area contributed by atoms with Gasteiger partial charge in [0.2, 0.25) is 0 Å². The third-order valence-corrected chi connectivity index (χ3v) is 2.56. The summed E-state index contributed by atoms with van der Waals surface area (Å²) in [7, 11) is 0. The molecule has 0 aliphatic rings. The van der Waals surface area contributed by atoms with Crippen LogP contribution in [0.3, 0.4) is 0 Å². The summed E-state index contributed by atoms with van der Waals surface area (Å²) in [5, 5.41) is 12.3. The van der Waals surface area contributed by atoms with Crippen LogP contribution in [0.25, 0.3) is 10.9 Å². The molecule has 0 spiro atoms. The molecule has 0 aliphatic heterocycles. The average molecular weight is 234 g/mol. The van der Waals surface area contributed by atoms with Crippen molar-refractivity contribution in [1.82, 2.24) is 9.78 Å². The van der Waals surface area contributed by atoms with Crippen molar-refractivity contribution in [3.8, 4) is 0 Å². The van der Waals surface area contributed by atoms with Crippen LogP contribution in [0.4, 0.5) is 0 Å². The van der Waals surface area contributed by atoms with E-state index < -0.39 is 5.97 Å². The topological polar surface area (TPSA) is 75.1 Å². The fourth-order valence-corrected chi connectivity index (χ4v) is 1.85. The number of H-pyrrole nitrogens is 1. The Labute approximate surface area is 97.7 Å². The SMILES string of the molecule is CC(C)Cn1[nH]c2c(C(=O)O)cccc2c1=O. The molecule has 0 radical (unpaired) electrons. The normalized spacial score (nSPS) is 11.2. The molecule has 0 fully saturated rings. The molecule has 1 aromatic heterocycles. The van der Waals surface area contributed by atoms with Crippen LogP contribution in [0, 0.1) is 5.92 Å². The number of aromatic carboxylic acids is 1. The van der Waals surface area contributed by atoms with E-state index in [2.05, 4.69) is 5.10 Å². The highest BCUT2D eigenvalue weighted by Gasteiger charge is 2.14. The van der Waals surface area contributed by atoms with E-state index in [4.69, 9.17) is 5.11 Å². The van der Waals surface area contributed by atoms with Crippen LogP contribution in [0.1, 0.15) is 24.2 Å². The van der Waals surface area contributed by atoms with Gasteiger partial charge in [-0.3, -0.25) is 14.6 Å². The van der Waals surface area contributed by atoms with Gasteiger partial charge in [-0.1, -0.05) is 19.9 Å². The highest BCUT2D eigenvalue weighted by molar-refractivity contribution is 6.01. The second-order valence-corrected chi connectivity index (χ2v) is 4.45. The quantitative estimate of drug-likeness (QED) is 0.848. The van der Waals surface area contributed by atoms with Gasteiger partial charge in [-0.15, -0.1) is 0 Å². The summed E-state index contributed by atoms with van der Waals surface area (Å²) in [5.41, 5.74) is 0.351. The number of fused-ring (bicyclic) bond motifs is 1. The second kappa shape index (κ2) is 4.08. The maximum absolute atomic E-state index is 12.0. The molecule has 5 heteroatoms. The van der Waals surface area contributed by atoms with Crippen molar-refractivity contribution >= 4 is 16.9 Å². The Hall–Kier alpha value is -2.04. The summed E-state index contributed by atoms with van der Waals surface area (Å²) in [5.74, 6) is -0.720. The molecule has 5 nitrogen and oxygen atoms in total. The number of para-hydroxylation sites is 1. The molecule has 17 heavy (non-hydrogen) atoms. The maximum Gasteiger partial charge on any atom is 0.337 e. The highest BCUT2D eigenvalue weighted by Crippen LogP contribution is 2.14. The summed E-state index contributed by atoms with van der Waals surface area (Å²) in [4.78, 5) is 23.0. The number of rotatable bonds is 3. The number of carboxylic acid groups (broad SMARTS) is 1. The summed E-state index contributed by atoms with van der Waals surface area (Å²) in [6, 6.07) is 4.71. The van der Waals surface area contributed by atoms with Gasteiger partial charge in [-0.25, -0.2) is 4.79 Å². The Morgan fingerprint density at radius 3 is 2.76 bits per heavy atom. The third kappa shape index (κ3) is 1.95. The monoisotopic (exact) mass is 234 g/mol. The number of aromatic amines is 1. The van der Waals surface area contributed by atoms with Crippen molar-refractivity contribution in [2.24, 2.45) is 5.92 Å². The van der Waals surface area contributed by atoms with Gasteiger partial charge in [0.25, 0.3) is 5.56 Å². The lowest BCUT2D eigenvalue weighted by Crippen LogP contribution is -2.19. The first-order valence-corrected chi connectivity index (χ1v) is 5.45. The Morgan fingerprint density at radius 1 is 1.47 bits per heavy atom. The van der Waals surface area contributed by atoms with Crippen LogP contribution in [-0.4, -0.2) is 20.9 Å². The summed E-state index contributed by atoms with van der Waals surface area (Å²) >= 11 is 0. The largest absolute Gasteiger partial charge is 0.478 e. The fourth-order valence-electron chi connectivity index (χ4n) is 1.85. The molecule has 1 aromatic carbocycles. The van der Waals surface area contributed by atoms with Gasteiger partial charge in [0, 0.05) is 6.54 Å². The van der Waals surface area contributed by atoms with Gasteiger partial charge in [0.05, 0.1) is 16.5 Å². The lowest BCUT2D eigenvalue weighted by Gasteiger charge is -2.03. The lowest BCUT2D eigenvalue weighted by molar-refractivity contribution is 0.0699. The molecule has 0 unspecified atom stereocenters. The van der Waals surface area contributed by atoms with Gasteiger partial charge in [0.1, 0.15) is 0 Å². The predicted octanol–water partition coefficient (Wildman–Crippen LogP) is 1.68. The molecular weight excluding hydrogens is 220 g/mol. The fraction of sp³-hybridized carbons (Fsp3) is 0.333. The zero-order valence-electron chi connectivity index (χ0n) is 9.73. The van der Waals surface area contributed by atoms with E-state index in [1.165, 1.54) is 10.7 Å². The molecule has 0 bridgehead atoms. The first-order chi connectivity index (χ1) is 8.00. The van der Waals surface area contributed by atoms with E-state index in [0.717, 1.165) is 0 Å². The number of nitrogens with zero attached hydrogens (tertiary/aromatic N) is 1. The first kappa shape index (κ1) is 11.4. The third-order valence-electron chi connectivity index (χ3n) is 2.56. The standard InChI is InChI=1S/C12H14N2O3/c1-7(2)6-14-11(15)8-4-3-5-9(12(16)17)10(8)13-14/h3-5,7,13H,6H2,1-2H3,(H,16,17). The van der Waals surface area contributed by atoms with Crippen LogP contribution >= 0.6 is 0 Å². The van der Waals surface area contributed by atoms with Crippen LogP contribution in [-0.2, 0) is 6.54 Å². The summed E-state index contributed by atoms with van der Waals surface area (Å²) in [6.07, 6.45) is 0. The minimum Gasteiger partial charge on any atom is -0.478 e. The number of hydrogen-bond donors (Lipinski definition) is 2. The molecule has 0 saturated heterocycles. The minimum atomic E-state index is -1.03. The van der Waals surface area contributed by atoms with Crippen LogP contribution in [0.5, 0.6) is 0 Å². The Kier molecular flexibility index (Phi) is 2.75. The van der Waals surface area contributed by atoms with E-state index >= 15 is 0 Å². The summed E-state index contributed by atoms with van der Waals surface area (Å²) < 4.78 is 1.46. The molecule has 90 valence electrons. The van der Waals surface area contributed by atoms with Gasteiger partial charge in [-0.05, 0) is 18.1 Å². The van der Waals surface area contributed by atoms with E-state index in [0.29, 0.717) is 23.4 Å². The Balaban J connectivity index is 2.69. The highest BCUT2D eigenvalue weighted by atomic mass is 16.4. The number of hydrogen-bond acceptors (Lipinski definition) is 2. The van der Waals surface area contributed by atoms with Crippen LogP contribution in [0.15, 0.2) is 23.0 Å². The molecule has 0 aliphatic carbocycles. The molecule has 0 saturated carbocycles. The molecule has 2 aromatic rings. The number of carbonyl (C=O) groups is 1. The van der Waals surface area contributed by atoms with Gasteiger partial charge < -0.3 is 5.11 Å². The zero-order chi connectivity index (χ0) is 12.6. The Morgan fingerprint density at radius 2 is 2.18 bits per heavy atom. The predicted molar refractivity (Wildman–Crippen MR) is 64.4 cm³/mol. The van der Waals surface area contributed by atoms with E-state index in [9.17, 15) is 9.59 Å². The van der Waals surface area contributed by atoms with E-state index in [1.807, 2.05) is 13.8 Å². The molecule has 1 heterocycles. The molecule has 0 atom stereocenters. The first-order valence-electron chi connectivity index (χ1n) is 5.45. The number of carboxylic acids is 1. The zero-order valence-corrected chi connectivity index (χ0v) is 9.73. The molecule has 2 rings (SSSR count). The molecular formula is C12H14N2O3. The van der Waals surface area contributed by atoms with Gasteiger partial charge in [-0.2, -0.15) is 0 Å². The molecule has 0 amide bonds. The maximum atomic E-state index is 12.0.